The number of hydrogen-bond acceptors (Lipinski definition) is 3. The number of ketones is 1. The zero-order valence-corrected chi connectivity index (χ0v) is 14.2. The van der Waals surface area contributed by atoms with E-state index in [2.05, 4.69) is 55.1 Å². The van der Waals surface area contributed by atoms with Crippen LogP contribution in [0.1, 0.15) is 12.8 Å². The van der Waals surface area contributed by atoms with Crippen LogP contribution in [0.4, 0.5) is 0 Å². The van der Waals surface area contributed by atoms with Crippen LogP contribution in [0.25, 0.3) is 21.5 Å². The monoisotopic (exact) mass is 334 g/mol. The van der Waals surface area contributed by atoms with Crippen LogP contribution in [-0.4, -0.2) is 25.6 Å². The van der Waals surface area contributed by atoms with Gasteiger partial charge in [-0.2, -0.15) is 0 Å². The van der Waals surface area contributed by atoms with Gasteiger partial charge in [-0.3, -0.25) is 4.79 Å². The topological polar surface area (TPSA) is 35.5 Å². The summed E-state index contributed by atoms with van der Waals surface area (Å²) >= 11 is 0. The van der Waals surface area contributed by atoms with Gasteiger partial charge in [0.05, 0.1) is 6.61 Å². The summed E-state index contributed by atoms with van der Waals surface area (Å²) in [5.74, 6) is 0.900. The van der Waals surface area contributed by atoms with Crippen molar-refractivity contribution in [2.24, 2.45) is 0 Å². The van der Waals surface area contributed by atoms with Crippen LogP contribution in [0.2, 0.25) is 0 Å². The maximum absolute atomic E-state index is 11.1. The van der Waals surface area contributed by atoms with E-state index in [0.717, 1.165) is 5.75 Å². The molecule has 0 unspecified atom stereocenters. The van der Waals surface area contributed by atoms with Gasteiger partial charge in [0.25, 0.3) is 0 Å². The van der Waals surface area contributed by atoms with Gasteiger partial charge in [0.2, 0.25) is 0 Å². The number of hydrogen-bond donors (Lipinski definition) is 0. The van der Waals surface area contributed by atoms with E-state index in [0.29, 0.717) is 32.7 Å². The lowest BCUT2D eigenvalue weighted by Gasteiger charge is -2.09. The second-order valence-electron chi connectivity index (χ2n) is 5.94. The van der Waals surface area contributed by atoms with Crippen molar-refractivity contribution in [3.05, 3.63) is 67.3 Å². The minimum Gasteiger partial charge on any atom is -0.491 e. The van der Waals surface area contributed by atoms with Gasteiger partial charge < -0.3 is 9.47 Å². The molecule has 3 rings (SSSR count). The van der Waals surface area contributed by atoms with E-state index >= 15 is 0 Å². The molecule has 25 heavy (non-hydrogen) atoms. The van der Waals surface area contributed by atoms with Crippen LogP contribution in [-0.2, 0) is 9.53 Å². The standard InChI is InChI=1S/C22H22O3/c1-2-21(23)8-5-11-24-12-13-25-22-10-9-19-14-17-6-3-4-7-18(17)15-20(19)16-22/h2-4,6-7,9-10,14-16H,1,5,8,11-13H2. The zero-order valence-electron chi connectivity index (χ0n) is 14.2. The van der Waals surface area contributed by atoms with Crippen LogP contribution in [0, 0.1) is 0 Å². The van der Waals surface area contributed by atoms with Crippen LogP contribution in [0.15, 0.2) is 67.3 Å². The minimum absolute atomic E-state index is 0.0588. The third kappa shape index (κ3) is 4.68. The van der Waals surface area contributed by atoms with Crippen molar-refractivity contribution in [1.82, 2.24) is 0 Å². The van der Waals surface area contributed by atoms with E-state index in [4.69, 9.17) is 9.47 Å². The molecule has 0 aliphatic carbocycles. The molecule has 3 aromatic rings. The lowest BCUT2D eigenvalue weighted by molar-refractivity contribution is -0.114. The Morgan fingerprint density at radius 1 is 0.880 bits per heavy atom. The SMILES string of the molecule is C=CC(=O)CCCOCCOc1ccc2cc3ccccc3cc2c1. The molecule has 0 aliphatic heterocycles. The van der Waals surface area contributed by atoms with Gasteiger partial charge in [0, 0.05) is 13.0 Å². The highest BCUT2D eigenvalue weighted by molar-refractivity contribution is 5.98. The Morgan fingerprint density at radius 3 is 2.36 bits per heavy atom. The summed E-state index contributed by atoms with van der Waals surface area (Å²) in [5.41, 5.74) is 0. The largest absolute Gasteiger partial charge is 0.491 e. The number of rotatable bonds is 9. The third-order valence-corrected chi connectivity index (χ3v) is 4.11. The quantitative estimate of drug-likeness (QED) is 0.316. The summed E-state index contributed by atoms with van der Waals surface area (Å²) in [7, 11) is 0. The third-order valence-electron chi connectivity index (χ3n) is 4.11. The molecule has 0 saturated heterocycles. The summed E-state index contributed by atoms with van der Waals surface area (Å²) in [4.78, 5) is 11.1. The highest BCUT2D eigenvalue weighted by Gasteiger charge is 2.01. The fourth-order valence-corrected chi connectivity index (χ4v) is 2.78. The molecule has 0 aliphatic rings. The van der Waals surface area contributed by atoms with Crippen molar-refractivity contribution in [3.8, 4) is 5.75 Å². The molecular formula is C22H22O3. The number of benzene rings is 3. The van der Waals surface area contributed by atoms with Crippen molar-refractivity contribution in [3.63, 3.8) is 0 Å². The molecule has 3 aromatic carbocycles. The average molecular weight is 334 g/mol. The molecule has 128 valence electrons. The Bertz CT molecular complexity index is 883. The first-order valence-corrected chi connectivity index (χ1v) is 8.54. The highest BCUT2D eigenvalue weighted by Crippen LogP contribution is 2.26. The van der Waals surface area contributed by atoms with Crippen molar-refractivity contribution < 1.29 is 14.3 Å². The molecule has 0 N–H and O–H groups in total. The summed E-state index contributed by atoms with van der Waals surface area (Å²) in [6.45, 7) is 5.02. The summed E-state index contributed by atoms with van der Waals surface area (Å²) in [6.07, 6.45) is 2.56. The fraction of sp³-hybridized carbons (Fsp3) is 0.227. The van der Waals surface area contributed by atoms with E-state index < -0.39 is 0 Å². The molecule has 0 spiro atoms. The molecule has 3 heteroatoms. The Labute approximate surface area is 147 Å². The number of ether oxygens (including phenoxy) is 2. The Morgan fingerprint density at radius 2 is 1.60 bits per heavy atom. The van der Waals surface area contributed by atoms with Crippen LogP contribution >= 0.6 is 0 Å². The van der Waals surface area contributed by atoms with Crippen molar-refractivity contribution >= 4 is 27.3 Å². The fourth-order valence-electron chi connectivity index (χ4n) is 2.78. The molecule has 0 radical (unpaired) electrons. The lowest BCUT2D eigenvalue weighted by atomic mass is 10.0. The highest BCUT2D eigenvalue weighted by atomic mass is 16.5. The lowest BCUT2D eigenvalue weighted by Crippen LogP contribution is -2.08. The first-order valence-electron chi connectivity index (χ1n) is 8.54. The van der Waals surface area contributed by atoms with Crippen LogP contribution in [0.5, 0.6) is 5.75 Å². The second-order valence-corrected chi connectivity index (χ2v) is 5.94. The van der Waals surface area contributed by atoms with Gasteiger partial charge in [-0.05, 0) is 58.3 Å². The van der Waals surface area contributed by atoms with E-state index in [-0.39, 0.29) is 5.78 Å². The first kappa shape index (κ1) is 17.2. The molecule has 0 bridgehead atoms. The van der Waals surface area contributed by atoms with Gasteiger partial charge in [0.15, 0.2) is 5.78 Å². The maximum atomic E-state index is 11.1. The van der Waals surface area contributed by atoms with E-state index in [1.807, 2.05) is 6.07 Å². The molecule has 0 aromatic heterocycles. The summed E-state index contributed by atoms with van der Waals surface area (Å²) in [6, 6.07) is 18.9. The number of carbonyl (C=O) groups is 1. The van der Waals surface area contributed by atoms with Gasteiger partial charge in [0.1, 0.15) is 12.4 Å². The summed E-state index contributed by atoms with van der Waals surface area (Å²) in [5, 5.41) is 4.84. The van der Waals surface area contributed by atoms with Gasteiger partial charge >= 0.3 is 0 Å². The van der Waals surface area contributed by atoms with Crippen molar-refractivity contribution in [2.75, 3.05) is 19.8 Å². The summed E-state index contributed by atoms with van der Waals surface area (Å²) < 4.78 is 11.3. The van der Waals surface area contributed by atoms with Crippen molar-refractivity contribution in [2.45, 2.75) is 12.8 Å². The van der Waals surface area contributed by atoms with E-state index in [9.17, 15) is 4.79 Å². The van der Waals surface area contributed by atoms with Gasteiger partial charge in [-0.25, -0.2) is 0 Å². The number of fused-ring (bicyclic) bond motifs is 2. The van der Waals surface area contributed by atoms with Gasteiger partial charge in [-0.15, -0.1) is 0 Å². The van der Waals surface area contributed by atoms with Crippen LogP contribution in [0.3, 0.4) is 0 Å². The van der Waals surface area contributed by atoms with Crippen molar-refractivity contribution in [1.29, 1.82) is 0 Å². The average Bonchev–Trinajstić information content (AvgIpc) is 2.65. The smallest absolute Gasteiger partial charge is 0.155 e. The molecule has 0 atom stereocenters. The molecule has 0 saturated carbocycles. The number of allylic oxidation sites excluding steroid dienone is 1. The normalized spacial score (nSPS) is 10.9. The first-order chi connectivity index (χ1) is 12.3. The molecule has 3 nitrogen and oxygen atoms in total. The molecule has 0 fully saturated rings. The maximum Gasteiger partial charge on any atom is 0.155 e. The predicted molar refractivity (Wildman–Crippen MR) is 102 cm³/mol. The van der Waals surface area contributed by atoms with E-state index in [1.54, 1.807) is 0 Å². The molecular weight excluding hydrogens is 312 g/mol. The Kier molecular flexibility index (Phi) is 5.81. The van der Waals surface area contributed by atoms with Crippen LogP contribution < -0.4 is 4.74 Å². The van der Waals surface area contributed by atoms with Gasteiger partial charge in [-0.1, -0.05) is 36.9 Å². The molecule has 0 amide bonds. The minimum atomic E-state index is 0.0588. The Hall–Kier alpha value is -2.65. The number of carbonyl (C=O) groups excluding carboxylic acids is 1. The molecule has 0 heterocycles. The predicted octanol–water partition coefficient (Wildman–Crippen LogP) is 4.92. The second kappa shape index (κ2) is 8.45. The Balaban J connectivity index is 1.51. The zero-order chi connectivity index (χ0) is 17.5. The van der Waals surface area contributed by atoms with E-state index in [1.165, 1.54) is 27.6 Å².